The van der Waals surface area contributed by atoms with Crippen LogP contribution in [0.5, 0.6) is 5.75 Å². The maximum absolute atomic E-state index is 11.7. The van der Waals surface area contributed by atoms with Crippen molar-refractivity contribution in [2.75, 3.05) is 38.2 Å². The Balaban J connectivity index is 2.15. The molecule has 1 aromatic carbocycles. The third kappa shape index (κ3) is 3.43. The highest BCUT2D eigenvalue weighted by Crippen LogP contribution is 2.34. The molecule has 116 valence electrons. The summed E-state index contributed by atoms with van der Waals surface area (Å²) < 4.78 is 5.37. The van der Waals surface area contributed by atoms with E-state index in [0.717, 1.165) is 49.6 Å². The quantitative estimate of drug-likeness (QED) is 0.857. The fourth-order valence-corrected chi connectivity index (χ4v) is 2.99. The van der Waals surface area contributed by atoms with Crippen molar-refractivity contribution in [3.05, 3.63) is 22.7 Å². The minimum atomic E-state index is 0.234. The molecule has 0 aromatic heterocycles. The summed E-state index contributed by atoms with van der Waals surface area (Å²) in [5.74, 6) is 0.954. The second kappa shape index (κ2) is 7.03. The van der Waals surface area contributed by atoms with Gasteiger partial charge in [-0.1, -0.05) is 25.4 Å². The Morgan fingerprint density at radius 2 is 1.90 bits per heavy atom. The summed E-state index contributed by atoms with van der Waals surface area (Å²) in [6, 6.07) is 4.11. The summed E-state index contributed by atoms with van der Waals surface area (Å²) >= 11 is 6.31. The van der Waals surface area contributed by atoms with E-state index >= 15 is 0 Å². The van der Waals surface area contributed by atoms with E-state index in [1.54, 1.807) is 7.11 Å². The van der Waals surface area contributed by atoms with Gasteiger partial charge in [0.2, 0.25) is 5.91 Å². The highest BCUT2D eigenvalue weighted by molar-refractivity contribution is 6.33. The van der Waals surface area contributed by atoms with Crippen LogP contribution >= 0.6 is 11.6 Å². The minimum absolute atomic E-state index is 0.234. The Hall–Kier alpha value is -1.42. The van der Waals surface area contributed by atoms with E-state index in [9.17, 15) is 4.79 Å². The van der Waals surface area contributed by atoms with E-state index in [4.69, 9.17) is 16.3 Å². The zero-order chi connectivity index (χ0) is 15.4. The molecular weight excluding hydrogens is 288 g/mol. The third-order valence-corrected chi connectivity index (χ3v) is 4.43. The van der Waals surface area contributed by atoms with Crippen LogP contribution in [0.1, 0.15) is 25.8 Å². The Bertz CT molecular complexity index is 486. The summed E-state index contributed by atoms with van der Waals surface area (Å²) in [5.41, 5.74) is 2.22. The minimum Gasteiger partial charge on any atom is -0.495 e. The molecule has 1 aliphatic heterocycles. The molecule has 0 unspecified atom stereocenters. The van der Waals surface area contributed by atoms with Crippen LogP contribution in [-0.2, 0) is 11.2 Å². The zero-order valence-electron chi connectivity index (χ0n) is 13.0. The zero-order valence-corrected chi connectivity index (χ0v) is 13.7. The lowest BCUT2D eigenvalue weighted by molar-refractivity contribution is -0.131. The van der Waals surface area contributed by atoms with Gasteiger partial charge in [-0.15, -0.1) is 0 Å². The molecule has 0 radical (unpaired) electrons. The highest BCUT2D eigenvalue weighted by atomic mass is 35.5. The largest absolute Gasteiger partial charge is 0.495 e. The number of ether oxygens (including phenoxy) is 1. The average Bonchev–Trinajstić information content (AvgIpc) is 2.54. The van der Waals surface area contributed by atoms with Crippen molar-refractivity contribution >= 4 is 23.2 Å². The van der Waals surface area contributed by atoms with Crippen molar-refractivity contribution in [3.63, 3.8) is 0 Å². The summed E-state index contributed by atoms with van der Waals surface area (Å²) in [6.45, 7) is 7.24. The van der Waals surface area contributed by atoms with Gasteiger partial charge in [0.25, 0.3) is 0 Å². The first-order chi connectivity index (χ1) is 10.1. The van der Waals surface area contributed by atoms with Gasteiger partial charge < -0.3 is 14.5 Å². The van der Waals surface area contributed by atoms with E-state index in [1.165, 1.54) is 0 Å². The third-order valence-electron chi connectivity index (χ3n) is 4.00. The van der Waals surface area contributed by atoms with Crippen molar-refractivity contribution < 1.29 is 9.53 Å². The molecule has 1 aromatic rings. The fraction of sp³-hybridized carbons (Fsp3) is 0.562. The summed E-state index contributed by atoms with van der Waals surface area (Å²) in [7, 11) is 1.64. The molecule has 0 N–H and O–H groups in total. The smallest absolute Gasteiger partial charge is 0.222 e. The fourth-order valence-electron chi connectivity index (χ4n) is 2.67. The van der Waals surface area contributed by atoms with E-state index in [1.807, 2.05) is 17.9 Å². The standard InChI is InChI=1S/C16H23ClN2O2/c1-4-12-10-13(11-14(21-3)16(12)17)18-6-8-19(9-7-18)15(20)5-2/h10-11H,4-9H2,1-3H3. The van der Waals surface area contributed by atoms with Gasteiger partial charge in [0, 0.05) is 44.4 Å². The van der Waals surface area contributed by atoms with Gasteiger partial charge in [-0.05, 0) is 18.1 Å². The first kappa shape index (κ1) is 16.0. The first-order valence-electron chi connectivity index (χ1n) is 7.49. The number of benzene rings is 1. The van der Waals surface area contributed by atoms with Crippen LogP contribution in [0.3, 0.4) is 0 Å². The van der Waals surface area contributed by atoms with Gasteiger partial charge in [-0.2, -0.15) is 0 Å². The Morgan fingerprint density at radius 1 is 1.24 bits per heavy atom. The molecule has 5 heteroatoms. The Labute approximate surface area is 131 Å². The number of hydrogen-bond acceptors (Lipinski definition) is 3. The molecule has 1 heterocycles. The van der Waals surface area contributed by atoms with Crippen molar-refractivity contribution in [3.8, 4) is 5.75 Å². The maximum Gasteiger partial charge on any atom is 0.222 e. The van der Waals surface area contributed by atoms with Gasteiger partial charge in [-0.3, -0.25) is 4.79 Å². The molecule has 0 bridgehead atoms. The number of carbonyl (C=O) groups excluding carboxylic acids is 1. The summed E-state index contributed by atoms with van der Waals surface area (Å²) in [4.78, 5) is 15.9. The molecule has 0 atom stereocenters. The van der Waals surface area contributed by atoms with Crippen molar-refractivity contribution in [1.82, 2.24) is 4.90 Å². The molecule has 1 amide bonds. The van der Waals surface area contributed by atoms with Gasteiger partial charge in [0.05, 0.1) is 12.1 Å². The Morgan fingerprint density at radius 3 is 2.43 bits per heavy atom. The molecule has 1 aliphatic rings. The van der Waals surface area contributed by atoms with Crippen LogP contribution in [0.4, 0.5) is 5.69 Å². The lowest BCUT2D eigenvalue weighted by Crippen LogP contribution is -2.48. The number of rotatable bonds is 4. The molecule has 0 saturated carbocycles. The number of carbonyl (C=O) groups is 1. The van der Waals surface area contributed by atoms with Crippen molar-refractivity contribution in [1.29, 1.82) is 0 Å². The Kier molecular flexibility index (Phi) is 5.34. The van der Waals surface area contributed by atoms with Crippen LogP contribution in [-0.4, -0.2) is 44.1 Å². The normalized spacial score (nSPS) is 15.2. The van der Waals surface area contributed by atoms with Crippen molar-refractivity contribution in [2.24, 2.45) is 0 Å². The molecule has 21 heavy (non-hydrogen) atoms. The number of piperazine rings is 1. The molecule has 4 nitrogen and oxygen atoms in total. The average molecular weight is 311 g/mol. The molecule has 0 aliphatic carbocycles. The van der Waals surface area contributed by atoms with E-state index in [0.29, 0.717) is 11.4 Å². The lowest BCUT2D eigenvalue weighted by atomic mass is 10.1. The van der Waals surface area contributed by atoms with Crippen LogP contribution < -0.4 is 9.64 Å². The second-order valence-electron chi connectivity index (χ2n) is 5.20. The number of aryl methyl sites for hydroxylation is 1. The molecule has 1 saturated heterocycles. The van der Waals surface area contributed by atoms with Crippen molar-refractivity contribution in [2.45, 2.75) is 26.7 Å². The van der Waals surface area contributed by atoms with Gasteiger partial charge in [0.1, 0.15) is 5.75 Å². The van der Waals surface area contributed by atoms with Crippen LogP contribution in [0, 0.1) is 0 Å². The highest BCUT2D eigenvalue weighted by Gasteiger charge is 2.21. The number of halogens is 1. The number of amides is 1. The number of methoxy groups -OCH3 is 1. The number of hydrogen-bond donors (Lipinski definition) is 0. The van der Waals surface area contributed by atoms with Gasteiger partial charge in [-0.25, -0.2) is 0 Å². The summed E-state index contributed by atoms with van der Waals surface area (Å²) in [5, 5.41) is 0.698. The predicted molar refractivity (Wildman–Crippen MR) is 86.5 cm³/mol. The molecule has 2 rings (SSSR count). The van der Waals surface area contributed by atoms with E-state index < -0.39 is 0 Å². The summed E-state index contributed by atoms with van der Waals surface area (Å²) in [6.07, 6.45) is 1.45. The van der Waals surface area contributed by atoms with Crippen LogP contribution in [0.2, 0.25) is 5.02 Å². The second-order valence-corrected chi connectivity index (χ2v) is 5.57. The van der Waals surface area contributed by atoms with E-state index in [-0.39, 0.29) is 5.91 Å². The topological polar surface area (TPSA) is 32.8 Å². The van der Waals surface area contributed by atoms with Gasteiger partial charge in [0.15, 0.2) is 0 Å². The molecule has 1 fully saturated rings. The van der Waals surface area contributed by atoms with Crippen LogP contribution in [0.25, 0.3) is 0 Å². The molecule has 0 spiro atoms. The predicted octanol–water partition coefficient (Wildman–Crippen LogP) is 2.97. The maximum atomic E-state index is 11.7. The van der Waals surface area contributed by atoms with E-state index in [2.05, 4.69) is 17.9 Å². The number of nitrogens with zero attached hydrogens (tertiary/aromatic N) is 2. The first-order valence-corrected chi connectivity index (χ1v) is 7.87. The monoisotopic (exact) mass is 310 g/mol. The SMILES string of the molecule is CCC(=O)N1CCN(c2cc(CC)c(Cl)c(OC)c2)CC1. The molecular formula is C16H23ClN2O2. The van der Waals surface area contributed by atoms with Gasteiger partial charge >= 0.3 is 0 Å². The number of anilines is 1. The lowest BCUT2D eigenvalue weighted by Gasteiger charge is -2.36. The van der Waals surface area contributed by atoms with Crippen LogP contribution in [0.15, 0.2) is 12.1 Å².